The average molecular weight is 357 g/mol. The number of amides is 1. The zero-order valence-electron chi connectivity index (χ0n) is 14.7. The Morgan fingerprint density at radius 1 is 1.08 bits per heavy atom. The predicted molar refractivity (Wildman–Crippen MR) is 101 cm³/mol. The van der Waals surface area contributed by atoms with Crippen LogP contribution in [-0.4, -0.2) is 19.0 Å². The number of aryl methyl sites for hydroxylation is 2. The van der Waals surface area contributed by atoms with Gasteiger partial charge in [-0.2, -0.15) is 0 Å². The molecule has 2 aromatic rings. The van der Waals surface area contributed by atoms with Crippen LogP contribution in [0.3, 0.4) is 0 Å². The fourth-order valence-corrected chi connectivity index (χ4v) is 4.60. The molecule has 1 aromatic carbocycles. The number of hydrogen-bond donors (Lipinski definition) is 1. The predicted octanol–water partition coefficient (Wildman–Crippen LogP) is 4.75. The van der Waals surface area contributed by atoms with Crippen molar-refractivity contribution in [3.63, 3.8) is 0 Å². The Morgan fingerprint density at radius 2 is 1.80 bits per heavy atom. The van der Waals surface area contributed by atoms with Crippen LogP contribution in [0, 0.1) is 6.92 Å². The van der Waals surface area contributed by atoms with Gasteiger partial charge in [0.05, 0.1) is 12.7 Å². The van der Waals surface area contributed by atoms with E-state index in [4.69, 9.17) is 4.74 Å². The highest BCUT2D eigenvalue weighted by Gasteiger charge is 2.26. The summed E-state index contributed by atoms with van der Waals surface area (Å²) >= 11 is 1.52. The maximum absolute atomic E-state index is 12.7. The topological polar surface area (TPSA) is 55.4 Å². The molecule has 0 radical (unpaired) electrons. The minimum atomic E-state index is -0.363. The molecule has 1 amide bonds. The summed E-state index contributed by atoms with van der Waals surface area (Å²) in [5.74, 6) is -0.546. The summed E-state index contributed by atoms with van der Waals surface area (Å²) in [5, 5.41) is 3.58. The van der Waals surface area contributed by atoms with Crippen LogP contribution in [0.5, 0.6) is 0 Å². The minimum absolute atomic E-state index is 0.183. The Labute approximate surface area is 152 Å². The van der Waals surface area contributed by atoms with E-state index in [0.717, 1.165) is 36.8 Å². The van der Waals surface area contributed by atoms with Crippen LogP contribution in [0.25, 0.3) is 0 Å². The number of anilines is 1. The molecule has 1 aromatic heterocycles. The third-order valence-corrected chi connectivity index (χ3v) is 5.88. The van der Waals surface area contributed by atoms with E-state index in [1.54, 1.807) is 6.07 Å². The number of nitrogens with one attached hydrogen (secondary N) is 1. The van der Waals surface area contributed by atoms with Gasteiger partial charge in [-0.1, -0.05) is 31.0 Å². The highest BCUT2D eigenvalue weighted by atomic mass is 32.1. The van der Waals surface area contributed by atoms with Crippen molar-refractivity contribution in [3.05, 3.63) is 51.4 Å². The van der Waals surface area contributed by atoms with Crippen LogP contribution < -0.4 is 5.32 Å². The standard InChI is InChI=1S/C20H23NO3S/c1-13-9-7-8-10-14(13)18(22)21-19-17(20(23)24-2)15-11-5-3-4-6-12-16(15)25-19/h7-10H,3-6,11-12H2,1-2H3,(H,21,22). The van der Waals surface area contributed by atoms with Crippen molar-refractivity contribution in [1.29, 1.82) is 0 Å². The molecule has 0 aliphatic heterocycles. The largest absolute Gasteiger partial charge is 0.465 e. The summed E-state index contributed by atoms with van der Waals surface area (Å²) in [4.78, 5) is 26.3. The maximum Gasteiger partial charge on any atom is 0.341 e. The van der Waals surface area contributed by atoms with Crippen LogP contribution in [-0.2, 0) is 17.6 Å². The van der Waals surface area contributed by atoms with Crippen molar-refractivity contribution >= 4 is 28.2 Å². The Balaban J connectivity index is 1.97. The molecule has 0 saturated carbocycles. The molecule has 1 N–H and O–H groups in total. The molecular formula is C20H23NO3S. The van der Waals surface area contributed by atoms with Gasteiger partial charge in [0.1, 0.15) is 5.00 Å². The number of benzene rings is 1. The fourth-order valence-electron chi connectivity index (χ4n) is 3.32. The zero-order chi connectivity index (χ0) is 17.8. The first-order valence-corrected chi connectivity index (χ1v) is 9.53. The van der Waals surface area contributed by atoms with E-state index in [1.807, 2.05) is 25.1 Å². The van der Waals surface area contributed by atoms with Gasteiger partial charge in [0.2, 0.25) is 0 Å². The molecule has 1 aliphatic carbocycles. The molecule has 3 rings (SSSR count). The van der Waals surface area contributed by atoms with Crippen molar-refractivity contribution in [3.8, 4) is 0 Å². The van der Waals surface area contributed by atoms with Gasteiger partial charge in [0.25, 0.3) is 5.91 Å². The van der Waals surface area contributed by atoms with E-state index in [2.05, 4.69) is 5.32 Å². The van der Waals surface area contributed by atoms with Crippen molar-refractivity contribution in [1.82, 2.24) is 0 Å². The van der Waals surface area contributed by atoms with Crippen molar-refractivity contribution < 1.29 is 14.3 Å². The second-order valence-electron chi connectivity index (χ2n) is 6.38. The molecule has 1 aliphatic rings. The third kappa shape index (κ3) is 3.76. The molecule has 0 atom stereocenters. The number of thiophene rings is 1. The number of esters is 1. The molecule has 25 heavy (non-hydrogen) atoms. The fraction of sp³-hybridized carbons (Fsp3) is 0.400. The third-order valence-electron chi connectivity index (χ3n) is 4.68. The Hall–Kier alpha value is -2.14. The Kier molecular flexibility index (Phi) is 5.53. The molecule has 132 valence electrons. The first-order valence-electron chi connectivity index (χ1n) is 8.71. The first kappa shape index (κ1) is 17.7. The molecule has 5 heteroatoms. The van der Waals surface area contributed by atoms with Crippen molar-refractivity contribution in [2.75, 3.05) is 12.4 Å². The van der Waals surface area contributed by atoms with Gasteiger partial charge in [-0.15, -0.1) is 11.3 Å². The number of ether oxygens (including phenoxy) is 1. The zero-order valence-corrected chi connectivity index (χ0v) is 15.5. The number of fused-ring (bicyclic) bond motifs is 1. The summed E-state index contributed by atoms with van der Waals surface area (Å²) < 4.78 is 5.00. The second kappa shape index (κ2) is 7.83. The summed E-state index contributed by atoms with van der Waals surface area (Å²) in [6, 6.07) is 7.45. The van der Waals surface area contributed by atoms with Gasteiger partial charge in [0, 0.05) is 10.4 Å². The quantitative estimate of drug-likeness (QED) is 0.806. The van der Waals surface area contributed by atoms with Gasteiger partial charge in [-0.3, -0.25) is 4.79 Å². The highest BCUT2D eigenvalue weighted by Crippen LogP contribution is 2.37. The molecular weight excluding hydrogens is 334 g/mol. The van der Waals surface area contributed by atoms with E-state index in [1.165, 1.54) is 36.2 Å². The molecule has 4 nitrogen and oxygen atoms in total. The maximum atomic E-state index is 12.7. The van der Waals surface area contributed by atoms with E-state index < -0.39 is 0 Å². The van der Waals surface area contributed by atoms with Crippen molar-refractivity contribution in [2.45, 2.75) is 45.4 Å². The lowest BCUT2D eigenvalue weighted by molar-refractivity contribution is 0.0601. The minimum Gasteiger partial charge on any atom is -0.465 e. The summed E-state index contributed by atoms with van der Waals surface area (Å²) in [5.41, 5.74) is 3.15. The lowest BCUT2D eigenvalue weighted by atomic mass is 9.96. The monoisotopic (exact) mass is 357 g/mol. The Morgan fingerprint density at radius 3 is 2.52 bits per heavy atom. The summed E-state index contributed by atoms with van der Waals surface area (Å²) in [6.07, 6.45) is 6.43. The van der Waals surface area contributed by atoms with Gasteiger partial charge in [-0.25, -0.2) is 4.79 Å². The highest BCUT2D eigenvalue weighted by molar-refractivity contribution is 7.17. The number of methoxy groups -OCH3 is 1. The van der Waals surface area contributed by atoms with E-state index >= 15 is 0 Å². The van der Waals surface area contributed by atoms with Gasteiger partial charge < -0.3 is 10.1 Å². The number of rotatable bonds is 3. The second-order valence-corrected chi connectivity index (χ2v) is 7.49. The number of carbonyl (C=O) groups is 2. The summed E-state index contributed by atoms with van der Waals surface area (Å²) in [6.45, 7) is 1.91. The van der Waals surface area contributed by atoms with Gasteiger partial charge >= 0.3 is 5.97 Å². The van der Waals surface area contributed by atoms with Crippen LogP contribution in [0.15, 0.2) is 24.3 Å². The molecule has 0 spiro atoms. The Bertz CT molecular complexity index is 794. The smallest absolute Gasteiger partial charge is 0.341 e. The average Bonchev–Trinajstić information content (AvgIpc) is 2.91. The van der Waals surface area contributed by atoms with E-state index in [-0.39, 0.29) is 11.9 Å². The molecule has 1 heterocycles. The molecule has 0 saturated heterocycles. The van der Waals surface area contributed by atoms with Gasteiger partial charge in [0.15, 0.2) is 0 Å². The number of carbonyl (C=O) groups excluding carboxylic acids is 2. The van der Waals surface area contributed by atoms with Crippen LogP contribution >= 0.6 is 11.3 Å². The first-order chi connectivity index (χ1) is 12.1. The van der Waals surface area contributed by atoms with E-state index in [9.17, 15) is 9.59 Å². The lowest BCUT2D eigenvalue weighted by Gasteiger charge is -2.11. The van der Waals surface area contributed by atoms with E-state index in [0.29, 0.717) is 16.1 Å². The van der Waals surface area contributed by atoms with Crippen LogP contribution in [0.2, 0.25) is 0 Å². The molecule has 0 bridgehead atoms. The van der Waals surface area contributed by atoms with Crippen molar-refractivity contribution in [2.24, 2.45) is 0 Å². The van der Waals surface area contributed by atoms with Gasteiger partial charge in [-0.05, 0) is 49.8 Å². The lowest BCUT2D eigenvalue weighted by Crippen LogP contribution is -2.15. The molecule has 0 fully saturated rings. The number of hydrogen-bond acceptors (Lipinski definition) is 4. The van der Waals surface area contributed by atoms with Crippen LogP contribution in [0.1, 0.15) is 62.4 Å². The van der Waals surface area contributed by atoms with Crippen LogP contribution in [0.4, 0.5) is 5.00 Å². The SMILES string of the molecule is COC(=O)c1c(NC(=O)c2ccccc2C)sc2c1CCCCCC2. The summed E-state index contributed by atoms with van der Waals surface area (Å²) in [7, 11) is 1.39. The normalized spacial score (nSPS) is 14.2. The molecule has 0 unspecified atom stereocenters.